The molecule has 9 nitrogen and oxygen atoms in total. The molecule has 0 aliphatic rings. The Bertz CT molecular complexity index is 1340. The Kier molecular flexibility index (Phi) is 8.47. The fourth-order valence-corrected chi connectivity index (χ4v) is 4.02. The first-order chi connectivity index (χ1) is 18.4. The van der Waals surface area contributed by atoms with Crippen LogP contribution in [0.4, 0.5) is 0 Å². The standard InChI is InChI=1S/C29H31N3O6/c1-2-3-4-5-6-7-14-38-20-10-13-23(26(37)17-20)29-31-27(21-11-8-18(33)15-24(21)35)30-28(32-29)22-12-9-19(34)16-25(22)36/h8-13,15-17,33-37H,2-7,14H2,1H3. The van der Waals surface area contributed by atoms with Gasteiger partial charge in [-0.3, -0.25) is 0 Å². The Morgan fingerprint density at radius 1 is 0.553 bits per heavy atom. The molecular formula is C29H31N3O6. The zero-order chi connectivity index (χ0) is 27.1. The molecule has 0 fully saturated rings. The zero-order valence-corrected chi connectivity index (χ0v) is 21.1. The fourth-order valence-electron chi connectivity index (χ4n) is 4.02. The number of aromatic nitrogens is 3. The van der Waals surface area contributed by atoms with Crippen molar-refractivity contribution in [3.63, 3.8) is 0 Å². The van der Waals surface area contributed by atoms with Gasteiger partial charge in [0.15, 0.2) is 17.5 Å². The zero-order valence-electron chi connectivity index (χ0n) is 21.1. The van der Waals surface area contributed by atoms with Crippen LogP contribution in [-0.2, 0) is 0 Å². The quantitative estimate of drug-likeness (QED) is 0.148. The van der Waals surface area contributed by atoms with Gasteiger partial charge in [0.05, 0.1) is 23.3 Å². The summed E-state index contributed by atoms with van der Waals surface area (Å²) in [5.74, 6) is -0.186. The summed E-state index contributed by atoms with van der Waals surface area (Å²) in [6.07, 6.45) is 6.88. The number of hydrogen-bond acceptors (Lipinski definition) is 9. The van der Waals surface area contributed by atoms with Crippen molar-refractivity contribution in [3.8, 4) is 68.7 Å². The van der Waals surface area contributed by atoms with Gasteiger partial charge in [0.2, 0.25) is 0 Å². The highest BCUT2D eigenvalue weighted by atomic mass is 16.5. The van der Waals surface area contributed by atoms with Gasteiger partial charge in [-0.05, 0) is 42.8 Å². The lowest BCUT2D eigenvalue weighted by Crippen LogP contribution is -2.01. The molecule has 0 saturated carbocycles. The van der Waals surface area contributed by atoms with Crippen LogP contribution in [0.5, 0.6) is 34.5 Å². The van der Waals surface area contributed by atoms with E-state index in [2.05, 4.69) is 21.9 Å². The number of ether oxygens (including phenoxy) is 1. The molecule has 4 rings (SSSR count). The van der Waals surface area contributed by atoms with E-state index in [0.29, 0.717) is 17.9 Å². The molecule has 0 atom stereocenters. The van der Waals surface area contributed by atoms with Gasteiger partial charge in [-0.25, -0.2) is 15.0 Å². The lowest BCUT2D eigenvalue weighted by atomic mass is 10.1. The molecule has 1 aromatic heterocycles. The first-order valence-electron chi connectivity index (χ1n) is 12.6. The summed E-state index contributed by atoms with van der Waals surface area (Å²) in [4.78, 5) is 13.3. The van der Waals surface area contributed by atoms with Crippen LogP contribution in [0, 0.1) is 0 Å². The van der Waals surface area contributed by atoms with Crippen LogP contribution < -0.4 is 4.74 Å². The summed E-state index contributed by atoms with van der Waals surface area (Å²) in [6.45, 7) is 2.73. The van der Waals surface area contributed by atoms with Crippen molar-refractivity contribution in [1.29, 1.82) is 0 Å². The van der Waals surface area contributed by atoms with Gasteiger partial charge in [0.1, 0.15) is 34.5 Å². The van der Waals surface area contributed by atoms with Crippen LogP contribution >= 0.6 is 0 Å². The van der Waals surface area contributed by atoms with E-state index >= 15 is 0 Å². The molecule has 38 heavy (non-hydrogen) atoms. The molecular weight excluding hydrogens is 486 g/mol. The molecule has 198 valence electrons. The Morgan fingerprint density at radius 2 is 1.00 bits per heavy atom. The van der Waals surface area contributed by atoms with Crippen molar-refractivity contribution in [1.82, 2.24) is 15.0 Å². The first-order valence-corrected chi connectivity index (χ1v) is 12.6. The lowest BCUT2D eigenvalue weighted by Gasteiger charge is -2.12. The summed E-state index contributed by atoms with van der Waals surface area (Å²) in [7, 11) is 0. The van der Waals surface area contributed by atoms with Crippen LogP contribution in [0.3, 0.4) is 0 Å². The van der Waals surface area contributed by atoms with Crippen LogP contribution in [0.2, 0.25) is 0 Å². The van der Waals surface area contributed by atoms with Crippen molar-refractivity contribution in [2.45, 2.75) is 45.4 Å². The number of rotatable bonds is 11. The summed E-state index contributed by atoms with van der Waals surface area (Å²) in [5, 5.41) is 51.0. The molecule has 0 aliphatic heterocycles. The Morgan fingerprint density at radius 3 is 1.47 bits per heavy atom. The molecule has 9 heteroatoms. The molecule has 0 saturated heterocycles. The highest BCUT2D eigenvalue weighted by Gasteiger charge is 2.19. The predicted octanol–water partition coefficient (Wildman–Crippen LogP) is 6.14. The number of aromatic hydroxyl groups is 5. The molecule has 0 unspecified atom stereocenters. The Hall–Kier alpha value is -4.53. The van der Waals surface area contributed by atoms with Crippen LogP contribution in [-0.4, -0.2) is 47.1 Å². The van der Waals surface area contributed by atoms with Gasteiger partial charge >= 0.3 is 0 Å². The normalized spacial score (nSPS) is 11.0. The third-order valence-corrected chi connectivity index (χ3v) is 6.06. The van der Waals surface area contributed by atoms with Gasteiger partial charge in [-0.2, -0.15) is 0 Å². The maximum absolute atomic E-state index is 10.8. The van der Waals surface area contributed by atoms with E-state index in [1.165, 1.54) is 56.0 Å². The molecule has 0 bridgehead atoms. The third-order valence-electron chi connectivity index (χ3n) is 6.06. The number of benzene rings is 3. The van der Waals surface area contributed by atoms with Crippen LogP contribution in [0.25, 0.3) is 34.2 Å². The van der Waals surface area contributed by atoms with Gasteiger partial charge < -0.3 is 30.3 Å². The second kappa shape index (κ2) is 12.1. The van der Waals surface area contributed by atoms with E-state index in [-0.39, 0.29) is 57.3 Å². The third kappa shape index (κ3) is 6.42. The van der Waals surface area contributed by atoms with Crippen LogP contribution in [0.15, 0.2) is 54.6 Å². The van der Waals surface area contributed by atoms with Crippen molar-refractivity contribution < 1.29 is 30.3 Å². The van der Waals surface area contributed by atoms with Crippen molar-refractivity contribution in [2.24, 2.45) is 0 Å². The molecule has 0 radical (unpaired) electrons. The van der Waals surface area contributed by atoms with Crippen LogP contribution in [0.1, 0.15) is 45.4 Å². The molecule has 3 aromatic carbocycles. The van der Waals surface area contributed by atoms with Crippen molar-refractivity contribution >= 4 is 0 Å². The maximum atomic E-state index is 10.8. The van der Waals surface area contributed by atoms with Crippen molar-refractivity contribution in [2.75, 3.05) is 6.61 Å². The summed E-state index contributed by atoms with van der Waals surface area (Å²) < 4.78 is 5.80. The average Bonchev–Trinajstić information content (AvgIpc) is 2.88. The Labute approximate surface area is 220 Å². The van der Waals surface area contributed by atoms with Gasteiger partial charge in [0.25, 0.3) is 0 Å². The monoisotopic (exact) mass is 517 g/mol. The molecule has 0 amide bonds. The van der Waals surface area contributed by atoms with Gasteiger partial charge in [0, 0.05) is 18.2 Å². The van der Waals surface area contributed by atoms with E-state index in [1.54, 1.807) is 12.1 Å². The SMILES string of the molecule is CCCCCCCCOc1ccc(-c2nc(-c3ccc(O)cc3O)nc(-c3ccc(O)cc3O)n2)c(O)c1. The number of hydrogen-bond donors (Lipinski definition) is 5. The molecule has 4 aromatic rings. The largest absolute Gasteiger partial charge is 0.508 e. The molecule has 1 heterocycles. The lowest BCUT2D eigenvalue weighted by molar-refractivity contribution is 0.303. The molecule has 0 spiro atoms. The topological polar surface area (TPSA) is 149 Å². The van der Waals surface area contributed by atoms with Gasteiger partial charge in [-0.15, -0.1) is 0 Å². The average molecular weight is 518 g/mol. The number of phenolic OH excluding ortho intramolecular Hbond substituents is 5. The predicted molar refractivity (Wildman–Crippen MR) is 143 cm³/mol. The summed E-state index contributed by atoms with van der Waals surface area (Å²) in [6, 6.07) is 12.8. The first kappa shape index (κ1) is 26.5. The molecule has 0 aliphatic carbocycles. The minimum atomic E-state index is -0.259. The number of phenols is 5. The van der Waals surface area contributed by atoms with E-state index in [4.69, 9.17) is 4.74 Å². The minimum Gasteiger partial charge on any atom is -0.508 e. The van der Waals surface area contributed by atoms with E-state index in [9.17, 15) is 25.5 Å². The van der Waals surface area contributed by atoms with E-state index < -0.39 is 0 Å². The summed E-state index contributed by atoms with van der Waals surface area (Å²) >= 11 is 0. The highest BCUT2D eigenvalue weighted by Crippen LogP contribution is 2.37. The van der Waals surface area contributed by atoms with E-state index in [1.807, 2.05) is 0 Å². The second-order valence-corrected chi connectivity index (χ2v) is 9.00. The number of unbranched alkanes of at least 4 members (excludes halogenated alkanes) is 5. The summed E-state index contributed by atoms with van der Waals surface area (Å²) in [5.41, 5.74) is 0.715. The molecule has 5 N–H and O–H groups in total. The second-order valence-electron chi connectivity index (χ2n) is 9.00. The van der Waals surface area contributed by atoms with E-state index in [0.717, 1.165) is 25.0 Å². The maximum Gasteiger partial charge on any atom is 0.167 e. The smallest absolute Gasteiger partial charge is 0.167 e. The van der Waals surface area contributed by atoms with Crippen molar-refractivity contribution in [3.05, 3.63) is 54.6 Å². The fraction of sp³-hybridized carbons (Fsp3) is 0.276. The number of nitrogens with zero attached hydrogens (tertiary/aromatic N) is 3. The van der Waals surface area contributed by atoms with Gasteiger partial charge in [-0.1, -0.05) is 39.0 Å². The highest BCUT2D eigenvalue weighted by molar-refractivity contribution is 5.74. The Balaban J connectivity index is 1.65. The minimum absolute atomic E-state index is 0.0535.